The Hall–Kier alpha value is -2.00. The minimum Gasteiger partial charge on any atom is -0.493 e. The molecule has 124 valence electrons. The first-order valence-corrected chi connectivity index (χ1v) is 8.21. The molecule has 23 heavy (non-hydrogen) atoms. The Morgan fingerprint density at radius 2 is 1.87 bits per heavy atom. The van der Waals surface area contributed by atoms with E-state index in [0.717, 1.165) is 24.5 Å². The van der Waals surface area contributed by atoms with Gasteiger partial charge < -0.3 is 14.8 Å². The van der Waals surface area contributed by atoms with Crippen LogP contribution >= 0.6 is 0 Å². The van der Waals surface area contributed by atoms with E-state index in [1.807, 2.05) is 24.3 Å². The van der Waals surface area contributed by atoms with E-state index in [1.165, 1.54) is 16.7 Å². The van der Waals surface area contributed by atoms with Crippen molar-refractivity contribution in [2.75, 3.05) is 7.11 Å². The maximum absolute atomic E-state index is 5.95. The number of aryl methyl sites for hydroxylation is 1. The van der Waals surface area contributed by atoms with Gasteiger partial charge in [0.1, 0.15) is 6.61 Å². The monoisotopic (exact) mass is 313 g/mol. The van der Waals surface area contributed by atoms with Gasteiger partial charge in [0.2, 0.25) is 0 Å². The van der Waals surface area contributed by atoms with Gasteiger partial charge in [0, 0.05) is 12.6 Å². The van der Waals surface area contributed by atoms with Crippen LogP contribution in [0.5, 0.6) is 11.5 Å². The van der Waals surface area contributed by atoms with E-state index >= 15 is 0 Å². The SMILES string of the molecule is CC[C@@H](C)NCc1ccc(OCc2ccccc2C)c(OC)c1. The van der Waals surface area contributed by atoms with Crippen LogP contribution in [0.2, 0.25) is 0 Å². The summed E-state index contributed by atoms with van der Waals surface area (Å²) >= 11 is 0. The fraction of sp³-hybridized carbons (Fsp3) is 0.400. The van der Waals surface area contributed by atoms with Gasteiger partial charge in [-0.2, -0.15) is 0 Å². The van der Waals surface area contributed by atoms with E-state index in [0.29, 0.717) is 12.6 Å². The van der Waals surface area contributed by atoms with E-state index in [-0.39, 0.29) is 0 Å². The van der Waals surface area contributed by atoms with Crippen LogP contribution in [0.4, 0.5) is 0 Å². The summed E-state index contributed by atoms with van der Waals surface area (Å²) in [6.07, 6.45) is 1.12. The highest BCUT2D eigenvalue weighted by Crippen LogP contribution is 2.29. The Labute approximate surface area is 139 Å². The first kappa shape index (κ1) is 17.4. The van der Waals surface area contributed by atoms with Crippen molar-refractivity contribution in [2.24, 2.45) is 0 Å². The number of methoxy groups -OCH3 is 1. The average Bonchev–Trinajstić information content (AvgIpc) is 2.59. The molecule has 0 saturated heterocycles. The smallest absolute Gasteiger partial charge is 0.161 e. The number of ether oxygens (including phenoxy) is 2. The largest absolute Gasteiger partial charge is 0.493 e. The van der Waals surface area contributed by atoms with Gasteiger partial charge in [0.25, 0.3) is 0 Å². The minimum atomic E-state index is 0.512. The van der Waals surface area contributed by atoms with Crippen molar-refractivity contribution in [3.8, 4) is 11.5 Å². The second-order valence-corrected chi connectivity index (χ2v) is 5.89. The highest BCUT2D eigenvalue weighted by Gasteiger charge is 2.08. The van der Waals surface area contributed by atoms with Crippen molar-refractivity contribution in [3.63, 3.8) is 0 Å². The zero-order chi connectivity index (χ0) is 16.7. The first-order chi connectivity index (χ1) is 11.1. The fourth-order valence-electron chi connectivity index (χ4n) is 2.31. The standard InChI is InChI=1S/C20H27NO2/c1-5-16(3)21-13-17-10-11-19(20(12-17)22-4)23-14-18-9-7-6-8-15(18)2/h6-12,16,21H,5,13-14H2,1-4H3/t16-/m1/s1. The van der Waals surface area contributed by atoms with E-state index in [4.69, 9.17) is 9.47 Å². The predicted molar refractivity (Wildman–Crippen MR) is 95.1 cm³/mol. The maximum atomic E-state index is 5.95. The lowest BCUT2D eigenvalue weighted by molar-refractivity contribution is 0.283. The zero-order valence-electron chi connectivity index (χ0n) is 14.6. The van der Waals surface area contributed by atoms with E-state index in [1.54, 1.807) is 7.11 Å². The molecule has 0 aliphatic carbocycles. The molecule has 0 spiro atoms. The number of hydrogen-bond donors (Lipinski definition) is 1. The minimum absolute atomic E-state index is 0.512. The highest BCUT2D eigenvalue weighted by atomic mass is 16.5. The molecule has 0 fully saturated rings. The molecule has 0 bridgehead atoms. The molecule has 0 amide bonds. The summed E-state index contributed by atoms with van der Waals surface area (Å²) in [4.78, 5) is 0. The summed E-state index contributed by atoms with van der Waals surface area (Å²) in [6.45, 7) is 7.86. The van der Waals surface area contributed by atoms with Crippen molar-refractivity contribution in [3.05, 3.63) is 59.2 Å². The van der Waals surface area contributed by atoms with Gasteiger partial charge in [0.15, 0.2) is 11.5 Å². The third-order valence-electron chi connectivity index (χ3n) is 4.14. The van der Waals surface area contributed by atoms with Crippen molar-refractivity contribution in [1.82, 2.24) is 5.32 Å². The Bertz CT molecular complexity index is 625. The number of rotatable bonds is 8. The summed E-state index contributed by atoms with van der Waals surface area (Å²) in [6, 6.07) is 14.9. The molecule has 2 aromatic carbocycles. The fourth-order valence-corrected chi connectivity index (χ4v) is 2.31. The van der Waals surface area contributed by atoms with E-state index < -0.39 is 0 Å². The molecule has 3 nitrogen and oxygen atoms in total. The third kappa shape index (κ3) is 5.00. The van der Waals surface area contributed by atoms with Crippen molar-refractivity contribution in [1.29, 1.82) is 0 Å². The van der Waals surface area contributed by atoms with Crippen LogP contribution in [0.25, 0.3) is 0 Å². The van der Waals surface area contributed by atoms with Crippen molar-refractivity contribution < 1.29 is 9.47 Å². The Balaban J connectivity index is 2.03. The van der Waals surface area contributed by atoms with Crippen LogP contribution in [-0.2, 0) is 13.2 Å². The van der Waals surface area contributed by atoms with Crippen LogP contribution in [0.15, 0.2) is 42.5 Å². The molecule has 0 heterocycles. The van der Waals surface area contributed by atoms with Crippen molar-refractivity contribution in [2.45, 2.75) is 46.4 Å². The molecule has 3 heteroatoms. The Morgan fingerprint density at radius 3 is 2.57 bits per heavy atom. The maximum Gasteiger partial charge on any atom is 0.161 e. The molecule has 0 aliphatic rings. The predicted octanol–water partition coefficient (Wildman–Crippen LogP) is 4.47. The summed E-state index contributed by atoms with van der Waals surface area (Å²) in [7, 11) is 1.68. The lowest BCUT2D eigenvalue weighted by Crippen LogP contribution is -2.24. The van der Waals surface area contributed by atoms with Crippen LogP contribution in [-0.4, -0.2) is 13.2 Å². The van der Waals surface area contributed by atoms with Gasteiger partial charge in [-0.25, -0.2) is 0 Å². The van der Waals surface area contributed by atoms with Crippen LogP contribution < -0.4 is 14.8 Å². The number of nitrogens with one attached hydrogen (secondary N) is 1. The van der Waals surface area contributed by atoms with Gasteiger partial charge in [0.05, 0.1) is 7.11 Å². The summed E-state index contributed by atoms with van der Waals surface area (Å²) < 4.78 is 11.4. The molecule has 1 atom stereocenters. The molecule has 2 aromatic rings. The molecule has 0 unspecified atom stereocenters. The highest BCUT2D eigenvalue weighted by molar-refractivity contribution is 5.43. The van der Waals surface area contributed by atoms with Gasteiger partial charge in [-0.3, -0.25) is 0 Å². The normalized spacial score (nSPS) is 12.0. The van der Waals surface area contributed by atoms with Crippen LogP contribution in [0.1, 0.15) is 37.0 Å². The molecule has 0 saturated carbocycles. The topological polar surface area (TPSA) is 30.5 Å². The quantitative estimate of drug-likeness (QED) is 0.780. The van der Waals surface area contributed by atoms with Crippen molar-refractivity contribution >= 4 is 0 Å². The van der Waals surface area contributed by atoms with Gasteiger partial charge in [-0.15, -0.1) is 0 Å². The average molecular weight is 313 g/mol. The molecular formula is C20H27NO2. The van der Waals surface area contributed by atoms with Gasteiger partial charge in [-0.05, 0) is 49.1 Å². The molecule has 0 radical (unpaired) electrons. The van der Waals surface area contributed by atoms with E-state index in [9.17, 15) is 0 Å². The van der Waals surface area contributed by atoms with Crippen LogP contribution in [0, 0.1) is 6.92 Å². The summed E-state index contributed by atoms with van der Waals surface area (Å²) in [5.41, 5.74) is 3.63. The third-order valence-corrected chi connectivity index (χ3v) is 4.14. The summed E-state index contributed by atoms with van der Waals surface area (Å²) in [5.74, 6) is 1.56. The molecular weight excluding hydrogens is 286 g/mol. The molecule has 2 rings (SSSR count). The second-order valence-electron chi connectivity index (χ2n) is 5.89. The summed E-state index contributed by atoms with van der Waals surface area (Å²) in [5, 5.41) is 3.49. The lowest BCUT2D eigenvalue weighted by Gasteiger charge is -2.15. The zero-order valence-corrected chi connectivity index (χ0v) is 14.6. The van der Waals surface area contributed by atoms with E-state index in [2.05, 4.69) is 44.3 Å². The van der Waals surface area contributed by atoms with Crippen LogP contribution in [0.3, 0.4) is 0 Å². The Morgan fingerprint density at radius 1 is 1.09 bits per heavy atom. The number of hydrogen-bond acceptors (Lipinski definition) is 3. The number of benzene rings is 2. The molecule has 0 aliphatic heterocycles. The molecule has 1 N–H and O–H groups in total. The Kier molecular flexibility index (Phi) is 6.48. The second kappa shape index (κ2) is 8.59. The van der Waals surface area contributed by atoms with Gasteiger partial charge in [-0.1, -0.05) is 37.3 Å². The lowest BCUT2D eigenvalue weighted by atomic mass is 10.1. The molecule has 0 aromatic heterocycles. The van der Waals surface area contributed by atoms with Gasteiger partial charge >= 0.3 is 0 Å². The first-order valence-electron chi connectivity index (χ1n) is 8.21.